The Labute approximate surface area is 139 Å². The van der Waals surface area contributed by atoms with Crippen LogP contribution in [-0.2, 0) is 11.3 Å². The molecule has 0 aromatic heterocycles. The SMILES string of the molecule is O=C1CC[C@H](O)[C@@H](c2cccc(Cl)c2)N1Cc1ccc(F)cc1. The highest BCUT2D eigenvalue weighted by Gasteiger charge is 2.35. The number of rotatable bonds is 3. The zero-order valence-electron chi connectivity index (χ0n) is 12.5. The summed E-state index contributed by atoms with van der Waals surface area (Å²) in [7, 11) is 0. The maximum absolute atomic E-state index is 13.1. The average molecular weight is 334 g/mol. The lowest BCUT2D eigenvalue weighted by atomic mass is 9.91. The van der Waals surface area contributed by atoms with Crippen molar-refractivity contribution in [3.63, 3.8) is 0 Å². The molecule has 0 spiro atoms. The van der Waals surface area contributed by atoms with Crippen molar-refractivity contribution in [2.75, 3.05) is 0 Å². The number of nitrogens with zero attached hydrogens (tertiary/aromatic N) is 1. The molecule has 120 valence electrons. The largest absolute Gasteiger partial charge is 0.391 e. The topological polar surface area (TPSA) is 40.5 Å². The number of likely N-dealkylation sites (tertiary alicyclic amines) is 1. The fourth-order valence-corrected chi connectivity index (χ4v) is 3.20. The van der Waals surface area contributed by atoms with Crippen LogP contribution in [0, 0.1) is 5.82 Å². The van der Waals surface area contributed by atoms with E-state index >= 15 is 0 Å². The molecular formula is C18H17ClFNO2. The molecule has 0 aliphatic carbocycles. The maximum Gasteiger partial charge on any atom is 0.223 e. The summed E-state index contributed by atoms with van der Waals surface area (Å²) >= 11 is 6.05. The molecular weight excluding hydrogens is 317 g/mol. The van der Waals surface area contributed by atoms with Gasteiger partial charge >= 0.3 is 0 Å². The van der Waals surface area contributed by atoms with E-state index in [0.717, 1.165) is 11.1 Å². The number of piperidine rings is 1. The monoisotopic (exact) mass is 333 g/mol. The number of halogens is 2. The van der Waals surface area contributed by atoms with Crippen molar-refractivity contribution in [3.05, 3.63) is 70.5 Å². The van der Waals surface area contributed by atoms with Gasteiger partial charge in [0, 0.05) is 18.0 Å². The molecule has 5 heteroatoms. The highest BCUT2D eigenvalue weighted by atomic mass is 35.5. The van der Waals surface area contributed by atoms with Crippen LogP contribution in [-0.4, -0.2) is 22.0 Å². The number of carbonyl (C=O) groups excluding carboxylic acids is 1. The van der Waals surface area contributed by atoms with Gasteiger partial charge in [0.2, 0.25) is 5.91 Å². The van der Waals surface area contributed by atoms with E-state index in [2.05, 4.69) is 0 Å². The number of benzene rings is 2. The molecule has 1 N–H and O–H groups in total. The van der Waals surface area contributed by atoms with Crippen LogP contribution < -0.4 is 0 Å². The van der Waals surface area contributed by atoms with Gasteiger partial charge in [-0.25, -0.2) is 4.39 Å². The van der Waals surface area contributed by atoms with Gasteiger partial charge < -0.3 is 10.0 Å². The van der Waals surface area contributed by atoms with Crippen LogP contribution in [0.1, 0.15) is 30.0 Å². The molecule has 2 atom stereocenters. The number of hydrogen-bond acceptors (Lipinski definition) is 2. The van der Waals surface area contributed by atoms with E-state index in [1.807, 2.05) is 6.07 Å². The van der Waals surface area contributed by atoms with Gasteiger partial charge in [-0.3, -0.25) is 4.79 Å². The van der Waals surface area contributed by atoms with Crippen LogP contribution in [0.5, 0.6) is 0 Å². The first-order chi connectivity index (χ1) is 11.0. The lowest BCUT2D eigenvalue weighted by Gasteiger charge is -2.39. The van der Waals surface area contributed by atoms with Gasteiger partial charge in [0.15, 0.2) is 0 Å². The number of aliphatic hydroxyl groups is 1. The molecule has 1 amide bonds. The van der Waals surface area contributed by atoms with E-state index in [1.54, 1.807) is 35.2 Å². The van der Waals surface area contributed by atoms with Gasteiger partial charge in [0.05, 0.1) is 12.1 Å². The minimum atomic E-state index is -0.647. The van der Waals surface area contributed by atoms with E-state index in [4.69, 9.17) is 11.6 Å². The van der Waals surface area contributed by atoms with Gasteiger partial charge in [-0.05, 0) is 41.8 Å². The summed E-state index contributed by atoms with van der Waals surface area (Å²) in [5.74, 6) is -0.338. The van der Waals surface area contributed by atoms with Gasteiger partial charge in [-0.15, -0.1) is 0 Å². The molecule has 3 nitrogen and oxygen atoms in total. The summed E-state index contributed by atoms with van der Waals surface area (Å²) in [6, 6.07) is 12.8. The second kappa shape index (κ2) is 6.69. The van der Waals surface area contributed by atoms with E-state index in [9.17, 15) is 14.3 Å². The third-order valence-electron chi connectivity index (χ3n) is 4.13. The van der Waals surface area contributed by atoms with Crippen molar-refractivity contribution in [1.82, 2.24) is 4.90 Å². The minimum absolute atomic E-state index is 0.0235. The predicted octanol–water partition coefficient (Wildman–Crippen LogP) is 3.70. The molecule has 0 radical (unpaired) electrons. The summed E-state index contributed by atoms with van der Waals surface area (Å²) in [6.07, 6.45) is 0.0849. The highest BCUT2D eigenvalue weighted by molar-refractivity contribution is 6.30. The smallest absolute Gasteiger partial charge is 0.223 e. The molecule has 3 rings (SSSR count). The fraction of sp³-hybridized carbons (Fsp3) is 0.278. The standard InChI is InChI=1S/C18H17ClFNO2/c19-14-3-1-2-13(10-14)18-16(22)8-9-17(23)21(18)11-12-4-6-15(20)7-5-12/h1-7,10,16,18,22H,8-9,11H2/t16-,18+/m0/s1. The number of aliphatic hydroxyl groups excluding tert-OH is 1. The molecule has 1 aliphatic rings. The minimum Gasteiger partial charge on any atom is -0.391 e. The molecule has 2 aromatic carbocycles. The quantitative estimate of drug-likeness (QED) is 0.930. The third-order valence-corrected chi connectivity index (χ3v) is 4.37. The summed E-state index contributed by atoms with van der Waals surface area (Å²) in [4.78, 5) is 14.0. The Balaban J connectivity index is 1.92. The van der Waals surface area contributed by atoms with E-state index in [1.165, 1.54) is 12.1 Å². The third kappa shape index (κ3) is 3.54. The Kier molecular flexibility index (Phi) is 4.64. The first-order valence-electron chi connectivity index (χ1n) is 7.52. The Bertz CT molecular complexity index is 704. The van der Waals surface area contributed by atoms with Gasteiger partial charge in [-0.2, -0.15) is 0 Å². The van der Waals surface area contributed by atoms with E-state index in [-0.39, 0.29) is 11.7 Å². The lowest BCUT2D eigenvalue weighted by molar-refractivity contribution is -0.143. The van der Waals surface area contributed by atoms with Crippen LogP contribution in [0.15, 0.2) is 48.5 Å². The second-order valence-electron chi connectivity index (χ2n) is 5.75. The zero-order chi connectivity index (χ0) is 16.4. The Morgan fingerprint density at radius 1 is 1.22 bits per heavy atom. The van der Waals surface area contributed by atoms with Crippen LogP contribution >= 0.6 is 11.6 Å². The van der Waals surface area contributed by atoms with Crippen LogP contribution in [0.2, 0.25) is 5.02 Å². The average Bonchev–Trinajstić information content (AvgIpc) is 2.53. The second-order valence-corrected chi connectivity index (χ2v) is 6.19. The molecule has 1 heterocycles. The number of carbonyl (C=O) groups is 1. The molecule has 1 aliphatic heterocycles. The summed E-state index contributed by atoms with van der Waals surface area (Å²) < 4.78 is 13.1. The van der Waals surface area contributed by atoms with Gasteiger partial charge in [-0.1, -0.05) is 35.9 Å². The van der Waals surface area contributed by atoms with Crippen LogP contribution in [0.25, 0.3) is 0 Å². The van der Waals surface area contributed by atoms with E-state index in [0.29, 0.717) is 24.4 Å². The van der Waals surface area contributed by atoms with Gasteiger partial charge in [0.25, 0.3) is 0 Å². The first kappa shape index (κ1) is 16.0. The summed E-state index contributed by atoms with van der Waals surface area (Å²) in [5, 5.41) is 11.0. The van der Waals surface area contributed by atoms with Gasteiger partial charge in [0.1, 0.15) is 5.82 Å². The predicted molar refractivity (Wildman–Crippen MR) is 86.4 cm³/mol. The lowest BCUT2D eigenvalue weighted by Crippen LogP contribution is -2.44. The normalized spacial score (nSPS) is 21.5. The van der Waals surface area contributed by atoms with Crippen molar-refractivity contribution >= 4 is 17.5 Å². The highest BCUT2D eigenvalue weighted by Crippen LogP contribution is 2.34. The summed E-state index contributed by atoms with van der Waals surface area (Å²) in [5.41, 5.74) is 1.63. The molecule has 0 saturated carbocycles. The molecule has 23 heavy (non-hydrogen) atoms. The Hall–Kier alpha value is -1.91. The van der Waals surface area contributed by atoms with Crippen LogP contribution in [0.3, 0.4) is 0 Å². The first-order valence-corrected chi connectivity index (χ1v) is 7.90. The molecule has 0 bridgehead atoms. The van der Waals surface area contributed by atoms with Crippen molar-refractivity contribution < 1.29 is 14.3 Å². The number of amides is 1. The fourth-order valence-electron chi connectivity index (χ4n) is 3.00. The zero-order valence-corrected chi connectivity index (χ0v) is 13.2. The Morgan fingerprint density at radius 3 is 2.65 bits per heavy atom. The molecule has 1 fully saturated rings. The molecule has 1 saturated heterocycles. The maximum atomic E-state index is 13.1. The van der Waals surface area contributed by atoms with Crippen molar-refractivity contribution in [1.29, 1.82) is 0 Å². The van der Waals surface area contributed by atoms with Crippen LogP contribution in [0.4, 0.5) is 4.39 Å². The van der Waals surface area contributed by atoms with Crippen molar-refractivity contribution in [2.45, 2.75) is 31.5 Å². The van der Waals surface area contributed by atoms with Crippen molar-refractivity contribution in [2.24, 2.45) is 0 Å². The Morgan fingerprint density at radius 2 is 1.96 bits per heavy atom. The number of hydrogen-bond donors (Lipinski definition) is 1. The molecule has 0 unspecified atom stereocenters. The van der Waals surface area contributed by atoms with E-state index < -0.39 is 12.1 Å². The molecule has 2 aromatic rings. The summed E-state index contributed by atoms with van der Waals surface area (Å²) in [6.45, 7) is 0.327. The van der Waals surface area contributed by atoms with Crippen molar-refractivity contribution in [3.8, 4) is 0 Å².